The largest absolute Gasteiger partial charge is 0.496 e. The number of methoxy groups -OCH3 is 1. The molecule has 0 spiro atoms. The third-order valence-corrected chi connectivity index (χ3v) is 4.22. The highest BCUT2D eigenvalue weighted by Crippen LogP contribution is 2.39. The minimum absolute atomic E-state index is 0.0929. The summed E-state index contributed by atoms with van der Waals surface area (Å²) in [7, 11) is 1.63. The molecule has 1 aromatic carbocycles. The van der Waals surface area contributed by atoms with Gasteiger partial charge in [0.05, 0.1) is 17.6 Å². The van der Waals surface area contributed by atoms with Crippen LogP contribution in [-0.2, 0) is 4.79 Å². The SMILES string of the molecule is COc1ccc(C2C(N)CC(=O)N2C(C)(C)C)cc1Br. The van der Waals surface area contributed by atoms with Gasteiger partial charge in [-0.2, -0.15) is 0 Å². The first-order valence-corrected chi connectivity index (χ1v) is 7.46. The zero-order chi connectivity index (χ0) is 15.1. The Morgan fingerprint density at radius 2 is 2.05 bits per heavy atom. The van der Waals surface area contributed by atoms with E-state index in [1.54, 1.807) is 7.11 Å². The predicted molar refractivity (Wildman–Crippen MR) is 82.6 cm³/mol. The molecule has 2 unspecified atom stereocenters. The zero-order valence-electron chi connectivity index (χ0n) is 12.3. The van der Waals surface area contributed by atoms with Gasteiger partial charge in [-0.25, -0.2) is 0 Å². The van der Waals surface area contributed by atoms with Crippen LogP contribution in [0.1, 0.15) is 38.8 Å². The van der Waals surface area contributed by atoms with Gasteiger partial charge in [0.25, 0.3) is 0 Å². The average Bonchev–Trinajstić information content (AvgIpc) is 2.63. The molecule has 5 heteroatoms. The van der Waals surface area contributed by atoms with Crippen LogP contribution in [0.25, 0.3) is 0 Å². The van der Waals surface area contributed by atoms with Gasteiger partial charge in [-0.05, 0) is 54.4 Å². The fourth-order valence-corrected chi connectivity index (χ4v) is 3.37. The van der Waals surface area contributed by atoms with E-state index in [1.165, 1.54) is 0 Å². The molecule has 20 heavy (non-hydrogen) atoms. The number of carbonyl (C=O) groups excluding carboxylic acids is 1. The fourth-order valence-electron chi connectivity index (χ4n) is 2.81. The Morgan fingerprint density at radius 1 is 1.40 bits per heavy atom. The molecular weight excluding hydrogens is 320 g/mol. The van der Waals surface area contributed by atoms with Crippen molar-refractivity contribution in [3.63, 3.8) is 0 Å². The van der Waals surface area contributed by atoms with Crippen molar-refractivity contribution in [1.29, 1.82) is 0 Å². The average molecular weight is 341 g/mol. The zero-order valence-corrected chi connectivity index (χ0v) is 13.9. The summed E-state index contributed by atoms with van der Waals surface area (Å²) in [4.78, 5) is 14.1. The monoisotopic (exact) mass is 340 g/mol. The van der Waals surface area contributed by atoms with Crippen molar-refractivity contribution in [1.82, 2.24) is 4.90 Å². The van der Waals surface area contributed by atoms with Crippen LogP contribution in [0.3, 0.4) is 0 Å². The van der Waals surface area contributed by atoms with Crippen LogP contribution in [0.4, 0.5) is 0 Å². The summed E-state index contributed by atoms with van der Waals surface area (Å²) in [6.45, 7) is 6.11. The second-order valence-electron chi connectivity index (χ2n) is 6.14. The first-order valence-electron chi connectivity index (χ1n) is 6.67. The van der Waals surface area contributed by atoms with Crippen molar-refractivity contribution in [3.8, 4) is 5.75 Å². The molecule has 2 N–H and O–H groups in total. The van der Waals surface area contributed by atoms with Gasteiger partial charge in [0.15, 0.2) is 0 Å². The number of halogens is 1. The molecule has 0 saturated carbocycles. The Balaban J connectivity index is 2.43. The Kier molecular flexibility index (Phi) is 4.12. The van der Waals surface area contributed by atoms with Crippen molar-refractivity contribution < 1.29 is 9.53 Å². The molecule has 0 bridgehead atoms. The van der Waals surface area contributed by atoms with Crippen LogP contribution >= 0.6 is 15.9 Å². The van der Waals surface area contributed by atoms with E-state index < -0.39 is 0 Å². The van der Waals surface area contributed by atoms with E-state index in [4.69, 9.17) is 10.5 Å². The van der Waals surface area contributed by atoms with Crippen molar-refractivity contribution in [2.45, 2.75) is 44.8 Å². The molecule has 2 rings (SSSR count). The number of ether oxygens (including phenoxy) is 1. The number of hydrogen-bond donors (Lipinski definition) is 1. The molecule has 0 aliphatic carbocycles. The summed E-state index contributed by atoms with van der Waals surface area (Å²) >= 11 is 3.49. The van der Waals surface area contributed by atoms with Crippen LogP contribution in [0.5, 0.6) is 5.75 Å². The van der Waals surface area contributed by atoms with Crippen LogP contribution in [0, 0.1) is 0 Å². The van der Waals surface area contributed by atoms with Crippen LogP contribution in [-0.4, -0.2) is 29.5 Å². The molecule has 1 amide bonds. The Labute approximate surface area is 128 Å². The molecule has 1 aliphatic heterocycles. The Hall–Kier alpha value is -1.07. The molecule has 4 nitrogen and oxygen atoms in total. The Morgan fingerprint density at radius 3 is 2.55 bits per heavy atom. The van der Waals surface area contributed by atoms with Crippen molar-refractivity contribution in [2.75, 3.05) is 7.11 Å². The molecule has 1 aromatic rings. The first-order chi connectivity index (χ1) is 9.25. The summed E-state index contributed by atoms with van der Waals surface area (Å²) in [5.74, 6) is 0.885. The van der Waals surface area contributed by atoms with E-state index >= 15 is 0 Å². The molecule has 1 saturated heterocycles. The number of carbonyl (C=O) groups is 1. The topological polar surface area (TPSA) is 55.6 Å². The van der Waals surface area contributed by atoms with Gasteiger partial charge in [0, 0.05) is 18.0 Å². The number of hydrogen-bond acceptors (Lipinski definition) is 3. The molecule has 110 valence electrons. The maximum absolute atomic E-state index is 12.2. The second kappa shape index (κ2) is 5.37. The number of rotatable bonds is 2. The summed E-state index contributed by atoms with van der Waals surface area (Å²) in [5.41, 5.74) is 6.99. The van der Waals surface area contributed by atoms with Gasteiger partial charge in [0.2, 0.25) is 5.91 Å². The molecule has 2 atom stereocenters. The lowest BCUT2D eigenvalue weighted by Gasteiger charge is -2.38. The lowest BCUT2D eigenvalue weighted by Crippen LogP contribution is -2.45. The Bertz CT molecular complexity index is 525. The standard InChI is InChI=1S/C15H21BrN2O2/c1-15(2,3)18-13(19)8-11(17)14(18)9-5-6-12(20-4)10(16)7-9/h5-7,11,14H,8,17H2,1-4H3. The number of nitrogens with zero attached hydrogens (tertiary/aromatic N) is 1. The molecule has 1 aliphatic rings. The number of likely N-dealkylation sites (tertiary alicyclic amines) is 1. The number of benzene rings is 1. The summed E-state index contributed by atoms with van der Waals surface area (Å²) in [6.07, 6.45) is 0.394. The highest BCUT2D eigenvalue weighted by atomic mass is 79.9. The van der Waals surface area contributed by atoms with E-state index in [0.29, 0.717) is 6.42 Å². The highest BCUT2D eigenvalue weighted by molar-refractivity contribution is 9.10. The summed E-state index contributed by atoms with van der Waals surface area (Å²) in [5, 5.41) is 0. The van der Waals surface area contributed by atoms with Crippen molar-refractivity contribution in [3.05, 3.63) is 28.2 Å². The summed E-state index contributed by atoms with van der Waals surface area (Å²) in [6, 6.07) is 5.59. The van der Waals surface area contributed by atoms with Crippen molar-refractivity contribution in [2.24, 2.45) is 5.73 Å². The van der Waals surface area contributed by atoms with Gasteiger partial charge >= 0.3 is 0 Å². The fraction of sp³-hybridized carbons (Fsp3) is 0.533. The van der Waals surface area contributed by atoms with Gasteiger partial charge in [-0.3, -0.25) is 4.79 Å². The second-order valence-corrected chi connectivity index (χ2v) is 7.00. The molecule has 1 heterocycles. The molecular formula is C15H21BrN2O2. The van der Waals surface area contributed by atoms with E-state index in [0.717, 1.165) is 15.8 Å². The van der Waals surface area contributed by atoms with Crippen molar-refractivity contribution >= 4 is 21.8 Å². The summed E-state index contributed by atoms with van der Waals surface area (Å²) < 4.78 is 6.12. The van der Waals surface area contributed by atoms with E-state index in [2.05, 4.69) is 15.9 Å². The van der Waals surface area contributed by atoms with Gasteiger partial charge in [0.1, 0.15) is 5.75 Å². The third kappa shape index (κ3) is 2.69. The lowest BCUT2D eigenvalue weighted by molar-refractivity contribution is -0.133. The maximum atomic E-state index is 12.2. The van der Waals surface area contributed by atoms with E-state index in [9.17, 15) is 4.79 Å². The first kappa shape index (κ1) is 15.3. The molecule has 0 radical (unpaired) electrons. The van der Waals surface area contributed by atoms with Crippen LogP contribution in [0.15, 0.2) is 22.7 Å². The smallest absolute Gasteiger partial charge is 0.225 e. The minimum atomic E-state index is -0.248. The predicted octanol–water partition coefficient (Wildman–Crippen LogP) is 2.86. The van der Waals surface area contributed by atoms with Crippen LogP contribution in [0.2, 0.25) is 0 Å². The van der Waals surface area contributed by atoms with E-state index in [1.807, 2.05) is 43.9 Å². The highest BCUT2D eigenvalue weighted by Gasteiger charge is 2.43. The van der Waals surface area contributed by atoms with Gasteiger partial charge < -0.3 is 15.4 Å². The minimum Gasteiger partial charge on any atom is -0.496 e. The lowest BCUT2D eigenvalue weighted by atomic mass is 9.97. The third-order valence-electron chi connectivity index (χ3n) is 3.60. The van der Waals surface area contributed by atoms with E-state index in [-0.39, 0.29) is 23.5 Å². The van der Waals surface area contributed by atoms with Gasteiger partial charge in [-0.1, -0.05) is 6.07 Å². The quantitative estimate of drug-likeness (QED) is 0.900. The number of nitrogens with two attached hydrogens (primary N) is 1. The maximum Gasteiger partial charge on any atom is 0.225 e. The molecule has 0 aromatic heterocycles. The number of amides is 1. The normalized spacial score (nSPS) is 23.3. The molecule has 1 fully saturated rings. The van der Waals surface area contributed by atoms with Gasteiger partial charge in [-0.15, -0.1) is 0 Å². The van der Waals surface area contributed by atoms with Crippen LogP contribution < -0.4 is 10.5 Å².